The number of halogens is 1. The molecule has 25 heavy (non-hydrogen) atoms. The van der Waals surface area contributed by atoms with Crippen molar-refractivity contribution in [3.05, 3.63) is 63.9 Å². The van der Waals surface area contributed by atoms with Gasteiger partial charge < -0.3 is 4.90 Å². The highest BCUT2D eigenvalue weighted by molar-refractivity contribution is 6.35. The number of hydrogen-bond donors (Lipinski definition) is 0. The van der Waals surface area contributed by atoms with Crippen LogP contribution in [-0.2, 0) is 6.54 Å². The fourth-order valence-corrected chi connectivity index (χ4v) is 3.22. The zero-order valence-corrected chi connectivity index (χ0v) is 15.3. The largest absolute Gasteiger partial charge is 0.302 e. The van der Waals surface area contributed by atoms with Gasteiger partial charge >= 0.3 is 0 Å². The van der Waals surface area contributed by atoms with E-state index >= 15 is 0 Å². The molecule has 0 aliphatic rings. The molecule has 1 heterocycles. The number of nitrogens with zero attached hydrogens (tertiary/aromatic N) is 3. The molecule has 0 bridgehead atoms. The first-order valence-electron chi connectivity index (χ1n) is 8.62. The molecule has 130 valence electrons. The Morgan fingerprint density at radius 1 is 1.04 bits per heavy atom. The summed E-state index contributed by atoms with van der Waals surface area (Å²) in [7, 11) is 0. The van der Waals surface area contributed by atoms with Crippen molar-refractivity contribution >= 4 is 22.5 Å². The number of rotatable bonds is 6. The van der Waals surface area contributed by atoms with Crippen molar-refractivity contribution in [2.45, 2.75) is 20.4 Å². The normalized spacial score (nSPS) is 11.4. The third-order valence-electron chi connectivity index (χ3n) is 4.50. The molecule has 0 aliphatic heterocycles. The second-order valence-electron chi connectivity index (χ2n) is 5.92. The zero-order chi connectivity index (χ0) is 17.8. The average molecular weight is 356 g/mol. The van der Waals surface area contributed by atoms with E-state index in [0.29, 0.717) is 28.3 Å². The van der Waals surface area contributed by atoms with Crippen LogP contribution in [0.2, 0.25) is 5.02 Å². The van der Waals surface area contributed by atoms with Crippen LogP contribution in [0.1, 0.15) is 13.8 Å². The molecule has 0 aliphatic carbocycles. The van der Waals surface area contributed by atoms with E-state index in [2.05, 4.69) is 18.7 Å². The molecule has 0 radical (unpaired) electrons. The molecule has 0 atom stereocenters. The highest BCUT2D eigenvalue weighted by Gasteiger charge is 2.15. The number of fused-ring (bicyclic) bond motifs is 1. The summed E-state index contributed by atoms with van der Waals surface area (Å²) < 4.78 is 1.77. The maximum Gasteiger partial charge on any atom is 0.261 e. The summed E-state index contributed by atoms with van der Waals surface area (Å²) in [4.78, 5) is 20.2. The van der Waals surface area contributed by atoms with E-state index in [1.54, 1.807) is 22.8 Å². The lowest BCUT2D eigenvalue weighted by Gasteiger charge is -2.20. The molecule has 0 N–H and O–H groups in total. The Morgan fingerprint density at radius 2 is 1.76 bits per heavy atom. The Balaban J connectivity index is 2.18. The van der Waals surface area contributed by atoms with Crippen LogP contribution in [0, 0.1) is 0 Å². The third kappa shape index (κ3) is 3.60. The first-order chi connectivity index (χ1) is 12.2. The van der Waals surface area contributed by atoms with Gasteiger partial charge in [0.15, 0.2) is 0 Å². The molecule has 3 rings (SSSR count). The van der Waals surface area contributed by atoms with Gasteiger partial charge in [0.05, 0.1) is 15.9 Å². The number of aromatic nitrogens is 2. The summed E-state index contributed by atoms with van der Waals surface area (Å²) in [5.74, 6) is 0.665. The van der Waals surface area contributed by atoms with Gasteiger partial charge in [-0.25, -0.2) is 4.98 Å². The quantitative estimate of drug-likeness (QED) is 0.669. The second kappa shape index (κ2) is 7.81. The van der Waals surface area contributed by atoms with Crippen molar-refractivity contribution in [3.8, 4) is 11.4 Å². The Hall–Kier alpha value is -2.17. The van der Waals surface area contributed by atoms with Crippen LogP contribution in [0.5, 0.6) is 0 Å². The van der Waals surface area contributed by atoms with Gasteiger partial charge in [-0.1, -0.05) is 61.8 Å². The van der Waals surface area contributed by atoms with E-state index in [1.807, 2.05) is 30.3 Å². The van der Waals surface area contributed by atoms with Crippen molar-refractivity contribution in [1.82, 2.24) is 14.5 Å². The first-order valence-corrected chi connectivity index (χ1v) is 9.00. The van der Waals surface area contributed by atoms with Crippen LogP contribution in [0.4, 0.5) is 0 Å². The molecule has 0 saturated heterocycles. The summed E-state index contributed by atoms with van der Waals surface area (Å²) >= 11 is 6.29. The first kappa shape index (κ1) is 17.6. The van der Waals surface area contributed by atoms with Crippen molar-refractivity contribution in [3.63, 3.8) is 0 Å². The predicted octanol–water partition coefficient (Wildman–Crippen LogP) is 4.06. The topological polar surface area (TPSA) is 38.1 Å². The number of para-hydroxylation sites is 1. The minimum atomic E-state index is -0.0430. The minimum absolute atomic E-state index is 0.0430. The molecule has 3 aromatic rings. The molecule has 5 heteroatoms. The summed E-state index contributed by atoms with van der Waals surface area (Å²) in [5.41, 5.74) is 1.44. The van der Waals surface area contributed by atoms with Crippen molar-refractivity contribution in [1.29, 1.82) is 0 Å². The van der Waals surface area contributed by atoms with Gasteiger partial charge in [0.1, 0.15) is 5.82 Å². The van der Waals surface area contributed by atoms with E-state index < -0.39 is 0 Å². The van der Waals surface area contributed by atoms with Crippen molar-refractivity contribution in [2.75, 3.05) is 19.6 Å². The van der Waals surface area contributed by atoms with Crippen molar-refractivity contribution < 1.29 is 0 Å². The number of likely N-dealkylation sites (N-methyl/N-ethyl adjacent to an activating group) is 1. The van der Waals surface area contributed by atoms with Gasteiger partial charge in [0.25, 0.3) is 5.56 Å². The molecule has 4 nitrogen and oxygen atoms in total. The molecule has 0 unspecified atom stereocenters. The van der Waals surface area contributed by atoms with Crippen LogP contribution in [-0.4, -0.2) is 34.1 Å². The van der Waals surface area contributed by atoms with E-state index in [-0.39, 0.29) is 5.56 Å². The van der Waals surface area contributed by atoms with Crippen LogP contribution in [0.3, 0.4) is 0 Å². The van der Waals surface area contributed by atoms with Gasteiger partial charge in [-0.3, -0.25) is 9.36 Å². The summed E-state index contributed by atoms with van der Waals surface area (Å²) in [5, 5.41) is 1.06. The molecule has 1 aromatic heterocycles. The third-order valence-corrected chi connectivity index (χ3v) is 4.81. The molecular weight excluding hydrogens is 334 g/mol. The van der Waals surface area contributed by atoms with Crippen LogP contribution in [0.25, 0.3) is 22.3 Å². The lowest BCUT2D eigenvalue weighted by molar-refractivity contribution is 0.289. The fraction of sp³-hybridized carbons (Fsp3) is 0.300. The van der Waals surface area contributed by atoms with Gasteiger partial charge in [0, 0.05) is 18.7 Å². The predicted molar refractivity (Wildman–Crippen MR) is 104 cm³/mol. The highest BCUT2D eigenvalue weighted by Crippen LogP contribution is 2.23. The molecular formula is C20H22ClN3O. The van der Waals surface area contributed by atoms with Gasteiger partial charge in [-0.15, -0.1) is 0 Å². The van der Waals surface area contributed by atoms with E-state index in [4.69, 9.17) is 16.6 Å². The lowest BCUT2D eigenvalue weighted by atomic mass is 10.1. The number of hydrogen-bond acceptors (Lipinski definition) is 3. The van der Waals surface area contributed by atoms with Crippen LogP contribution in [0.15, 0.2) is 53.3 Å². The maximum atomic E-state index is 13.1. The van der Waals surface area contributed by atoms with Gasteiger partial charge in [-0.2, -0.15) is 0 Å². The maximum absolute atomic E-state index is 13.1. The zero-order valence-electron chi connectivity index (χ0n) is 14.6. The van der Waals surface area contributed by atoms with Gasteiger partial charge in [0.2, 0.25) is 0 Å². The molecule has 0 fully saturated rings. The SMILES string of the molecule is CCN(CC)CCn1c(-c2ccccc2)nc2c(Cl)cccc2c1=O. The summed E-state index contributed by atoms with van der Waals surface area (Å²) in [6.45, 7) is 7.57. The average Bonchev–Trinajstić information content (AvgIpc) is 2.65. The Kier molecular flexibility index (Phi) is 5.51. The highest BCUT2D eigenvalue weighted by atomic mass is 35.5. The Labute approximate surface area is 152 Å². The van der Waals surface area contributed by atoms with Crippen LogP contribution < -0.4 is 5.56 Å². The Morgan fingerprint density at radius 3 is 2.44 bits per heavy atom. The summed E-state index contributed by atoms with van der Waals surface area (Å²) in [6.07, 6.45) is 0. The smallest absolute Gasteiger partial charge is 0.261 e. The van der Waals surface area contributed by atoms with Crippen LogP contribution >= 0.6 is 11.6 Å². The molecule has 2 aromatic carbocycles. The minimum Gasteiger partial charge on any atom is -0.302 e. The summed E-state index contributed by atoms with van der Waals surface area (Å²) in [6, 6.07) is 15.2. The monoisotopic (exact) mass is 355 g/mol. The molecule has 0 saturated carbocycles. The molecule has 0 spiro atoms. The standard InChI is InChI=1S/C20H22ClN3O/c1-3-23(4-2)13-14-24-19(15-9-6-5-7-10-15)22-18-16(20(24)25)11-8-12-17(18)21/h5-12H,3-4,13-14H2,1-2H3. The Bertz CT molecular complexity index is 917. The van der Waals surface area contributed by atoms with E-state index in [9.17, 15) is 4.79 Å². The van der Waals surface area contributed by atoms with E-state index in [1.165, 1.54) is 0 Å². The number of benzene rings is 2. The fourth-order valence-electron chi connectivity index (χ4n) is 3.01. The van der Waals surface area contributed by atoms with E-state index in [0.717, 1.165) is 25.2 Å². The van der Waals surface area contributed by atoms with Crippen molar-refractivity contribution in [2.24, 2.45) is 0 Å². The second-order valence-corrected chi connectivity index (χ2v) is 6.33. The lowest BCUT2D eigenvalue weighted by Crippen LogP contribution is -2.32. The van der Waals surface area contributed by atoms with Gasteiger partial charge in [-0.05, 0) is 25.2 Å². The molecule has 0 amide bonds.